The van der Waals surface area contributed by atoms with Gasteiger partial charge in [0.2, 0.25) is 0 Å². The summed E-state index contributed by atoms with van der Waals surface area (Å²) in [6.45, 7) is 1.92. The second kappa shape index (κ2) is 3.05. The standard InChI is InChI=1S/C8H13NO2/c1-2-5-3-6(8(10)11)7(9)4-5/h2,6-7H,3-4,9H2,1H3,(H,10,11)/b5-2+. The Bertz CT molecular complexity index is 198. The molecule has 0 bridgehead atoms. The van der Waals surface area contributed by atoms with E-state index >= 15 is 0 Å². The molecule has 0 amide bonds. The van der Waals surface area contributed by atoms with Gasteiger partial charge in [0, 0.05) is 6.04 Å². The monoisotopic (exact) mass is 155 g/mol. The molecule has 0 spiro atoms. The predicted molar refractivity (Wildman–Crippen MR) is 42.1 cm³/mol. The summed E-state index contributed by atoms with van der Waals surface area (Å²) >= 11 is 0. The van der Waals surface area contributed by atoms with Gasteiger partial charge in [0.1, 0.15) is 0 Å². The van der Waals surface area contributed by atoms with E-state index in [9.17, 15) is 4.79 Å². The van der Waals surface area contributed by atoms with Crippen LogP contribution in [0, 0.1) is 5.92 Å². The summed E-state index contributed by atoms with van der Waals surface area (Å²) in [4.78, 5) is 10.6. The largest absolute Gasteiger partial charge is 0.481 e. The van der Waals surface area contributed by atoms with Crippen molar-refractivity contribution in [2.45, 2.75) is 25.8 Å². The average molecular weight is 155 g/mol. The topological polar surface area (TPSA) is 63.3 Å². The van der Waals surface area contributed by atoms with E-state index in [-0.39, 0.29) is 12.0 Å². The van der Waals surface area contributed by atoms with Gasteiger partial charge >= 0.3 is 5.97 Å². The summed E-state index contributed by atoms with van der Waals surface area (Å²) in [6, 6.07) is -0.182. The van der Waals surface area contributed by atoms with Crippen molar-refractivity contribution in [1.29, 1.82) is 0 Å². The molecule has 0 aliphatic heterocycles. The van der Waals surface area contributed by atoms with Crippen LogP contribution >= 0.6 is 0 Å². The van der Waals surface area contributed by atoms with E-state index in [2.05, 4.69) is 0 Å². The molecule has 2 unspecified atom stereocenters. The number of carboxylic acid groups (broad SMARTS) is 1. The lowest BCUT2D eigenvalue weighted by molar-refractivity contribution is -0.141. The summed E-state index contributed by atoms with van der Waals surface area (Å²) in [5, 5.41) is 8.69. The van der Waals surface area contributed by atoms with Crippen LogP contribution < -0.4 is 5.73 Å². The van der Waals surface area contributed by atoms with Crippen LogP contribution in [0.1, 0.15) is 19.8 Å². The molecule has 1 fully saturated rings. The maximum atomic E-state index is 10.6. The number of carbonyl (C=O) groups is 1. The van der Waals surface area contributed by atoms with Gasteiger partial charge in [-0.1, -0.05) is 11.6 Å². The SMILES string of the molecule is C/C=C1/CC(N)C(C(=O)O)C1. The first-order valence-electron chi connectivity index (χ1n) is 3.77. The fourth-order valence-corrected chi connectivity index (χ4v) is 1.47. The minimum Gasteiger partial charge on any atom is -0.481 e. The zero-order chi connectivity index (χ0) is 8.43. The Morgan fingerprint density at radius 2 is 2.36 bits per heavy atom. The van der Waals surface area contributed by atoms with Gasteiger partial charge in [-0.05, 0) is 19.8 Å². The predicted octanol–water partition coefficient (Wildman–Crippen LogP) is 0.755. The van der Waals surface area contributed by atoms with Gasteiger partial charge in [-0.25, -0.2) is 0 Å². The van der Waals surface area contributed by atoms with E-state index in [1.165, 1.54) is 5.57 Å². The minimum atomic E-state index is -0.769. The number of nitrogens with two attached hydrogens (primary N) is 1. The number of rotatable bonds is 1. The third kappa shape index (κ3) is 1.60. The van der Waals surface area contributed by atoms with E-state index in [0.29, 0.717) is 6.42 Å². The Balaban J connectivity index is 2.66. The molecule has 1 aliphatic rings. The van der Waals surface area contributed by atoms with Crippen molar-refractivity contribution in [3.8, 4) is 0 Å². The van der Waals surface area contributed by atoms with Crippen LogP contribution in [-0.2, 0) is 4.79 Å². The zero-order valence-electron chi connectivity index (χ0n) is 6.58. The molecular weight excluding hydrogens is 142 g/mol. The lowest BCUT2D eigenvalue weighted by Gasteiger charge is -2.07. The lowest BCUT2D eigenvalue weighted by Crippen LogP contribution is -2.30. The van der Waals surface area contributed by atoms with E-state index < -0.39 is 5.97 Å². The minimum absolute atomic E-state index is 0.182. The molecule has 2 atom stereocenters. The molecule has 3 N–H and O–H groups in total. The quantitative estimate of drug-likeness (QED) is 0.549. The highest BCUT2D eigenvalue weighted by molar-refractivity contribution is 5.72. The van der Waals surface area contributed by atoms with Crippen molar-refractivity contribution < 1.29 is 9.90 Å². The van der Waals surface area contributed by atoms with Crippen LogP contribution in [-0.4, -0.2) is 17.1 Å². The van der Waals surface area contributed by atoms with Gasteiger partial charge in [-0.15, -0.1) is 0 Å². The highest BCUT2D eigenvalue weighted by Gasteiger charge is 2.32. The fraction of sp³-hybridized carbons (Fsp3) is 0.625. The van der Waals surface area contributed by atoms with Crippen molar-refractivity contribution >= 4 is 5.97 Å². The molecule has 0 aromatic carbocycles. The lowest BCUT2D eigenvalue weighted by atomic mass is 10.1. The Morgan fingerprint density at radius 3 is 2.64 bits per heavy atom. The summed E-state index contributed by atoms with van der Waals surface area (Å²) in [7, 11) is 0. The number of hydrogen-bond acceptors (Lipinski definition) is 2. The van der Waals surface area contributed by atoms with Crippen molar-refractivity contribution in [3.05, 3.63) is 11.6 Å². The summed E-state index contributed by atoms with van der Waals surface area (Å²) in [5.74, 6) is -1.13. The number of hydrogen-bond donors (Lipinski definition) is 2. The van der Waals surface area contributed by atoms with Crippen molar-refractivity contribution in [3.63, 3.8) is 0 Å². The van der Waals surface area contributed by atoms with Crippen LogP contribution in [0.3, 0.4) is 0 Å². The molecule has 0 saturated heterocycles. The van der Waals surface area contributed by atoms with Crippen LogP contribution in [0.25, 0.3) is 0 Å². The van der Waals surface area contributed by atoms with Gasteiger partial charge in [0.25, 0.3) is 0 Å². The van der Waals surface area contributed by atoms with Gasteiger partial charge < -0.3 is 10.8 Å². The Kier molecular flexibility index (Phi) is 2.29. The normalized spacial score (nSPS) is 34.5. The van der Waals surface area contributed by atoms with Crippen molar-refractivity contribution in [1.82, 2.24) is 0 Å². The third-order valence-electron chi connectivity index (χ3n) is 2.22. The third-order valence-corrected chi connectivity index (χ3v) is 2.22. The van der Waals surface area contributed by atoms with Gasteiger partial charge in [0.05, 0.1) is 5.92 Å². The molecule has 1 rings (SSSR count). The molecule has 0 aromatic rings. The summed E-state index contributed by atoms with van der Waals surface area (Å²) < 4.78 is 0. The molecule has 1 aliphatic carbocycles. The fourth-order valence-electron chi connectivity index (χ4n) is 1.47. The second-order valence-corrected chi connectivity index (χ2v) is 2.96. The maximum Gasteiger partial charge on any atom is 0.308 e. The van der Waals surface area contributed by atoms with Gasteiger partial charge in [-0.3, -0.25) is 4.79 Å². The Hall–Kier alpha value is -0.830. The average Bonchev–Trinajstić information content (AvgIpc) is 2.30. The Labute approximate surface area is 65.9 Å². The van der Waals surface area contributed by atoms with E-state index in [0.717, 1.165) is 6.42 Å². The van der Waals surface area contributed by atoms with Gasteiger partial charge in [0.15, 0.2) is 0 Å². The first kappa shape index (κ1) is 8.27. The summed E-state index contributed by atoms with van der Waals surface area (Å²) in [6.07, 6.45) is 3.34. The smallest absolute Gasteiger partial charge is 0.308 e. The first-order chi connectivity index (χ1) is 5.15. The van der Waals surface area contributed by atoms with Crippen LogP contribution in [0.5, 0.6) is 0 Å². The second-order valence-electron chi connectivity index (χ2n) is 2.96. The van der Waals surface area contributed by atoms with E-state index in [4.69, 9.17) is 10.8 Å². The highest BCUT2D eigenvalue weighted by atomic mass is 16.4. The number of aliphatic carboxylic acids is 1. The van der Waals surface area contributed by atoms with Crippen molar-refractivity contribution in [2.75, 3.05) is 0 Å². The zero-order valence-corrected chi connectivity index (χ0v) is 6.58. The molecule has 11 heavy (non-hydrogen) atoms. The first-order valence-corrected chi connectivity index (χ1v) is 3.77. The van der Waals surface area contributed by atoms with E-state index in [1.54, 1.807) is 0 Å². The highest BCUT2D eigenvalue weighted by Crippen LogP contribution is 2.29. The maximum absolute atomic E-state index is 10.6. The number of allylic oxidation sites excluding steroid dienone is 1. The molecule has 3 heteroatoms. The van der Waals surface area contributed by atoms with Crippen LogP contribution in [0.2, 0.25) is 0 Å². The Morgan fingerprint density at radius 1 is 1.73 bits per heavy atom. The van der Waals surface area contributed by atoms with Crippen LogP contribution in [0.4, 0.5) is 0 Å². The molecule has 3 nitrogen and oxygen atoms in total. The van der Waals surface area contributed by atoms with E-state index in [1.807, 2.05) is 13.0 Å². The van der Waals surface area contributed by atoms with Crippen molar-refractivity contribution in [2.24, 2.45) is 11.7 Å². The number of carboxylic acids is 1. The molecular formula is C8H13NO2. The molecule has 62 valence electrons. The molecule has 0 radical (unpaired) electrons. The summed E-state index contributed by atoms with van der Waals surface area (Å²) in [5.41, 5.74) is 6.80. The van der Waals surface area contributed by atoms with Gasteiger partial charge in [-0.2, -0.15) is 0 Å². The molecule has 1 saturated carbocycles. The van der Waals surface area contributed by atoms with Crippen LogP contribution in [0.15, 0.2) is 11.6 Å². The molecule has 0 heterocycles. The molecule has 0 aromatic heterocycles.